The minimum absolute atomic E-state index is 0.691. The highest BCUT2D eigenvalue weighted by Crippen LogP contribution is 2.29. The normalized spacial score (nSPS) is 14.1. The first-order valence-electron chi connectivity index (χ1n) is 5.56. The molecule has 0 amide bonds. The summed E-state index contributed by atoms with van der Waals surface area (Å²) < 4.78 is 0. The molecular formula is C13H11N3S. The zero-order valence-corrected chi connectivity index (χ0v) is 10.0. The lowest BCUT2D eigenvalue weighted by molar-refractivity contribution is 0.644. The third kappa shape index (κ3) is 1.95. The van der Waals surface area contributed by atoms with Crippen molar-refractivity contribution < 1.29 is 0 Å². The first-order valence-corrected chi connectivity index (χ1v) is 6.38. The van der Waals surface area contributed by atoms with Crippen molar-refractivity contribution in [3.63, 3.8) is 0 Å². The van der Waals surface area contributed by atoms with Crippen LogP contribution in [0.5, 0.6) is 0 Å². The van der Waals surface area contributed by atoms with E-state index in [9.17, 15) is 0 Å². The average molecular weight is 241 g/mol. The van der Waals surface area contributed by atoms with E-state index >= 15 is 0 Å². The van der Waals surface area contributed by atoms with Gasteiger partial charge < -0.3 is 5.32 Å². The molecule has 1 aromatic carbocycles. The molecule has 0 bridgehead atoms. The SMILES string of the molecule is N#Cc1ccc(-c2nc3c(s2)CNCC3)cc1. The summed E-state index contributed by atoms with van der Waals surface area (Å²) in [5.41, 5.74) is 3.02. The Labute approximate surface area is 104 Å². The van der Waals surface area contributed by atoms with Crippen molar-refractivity contribution in [2.24, 2.45) is 0 Å². The maximum Gasteiger partial charge on any atom is 0.123 e. The fraction of sp³-hybridized carbons (Fsp3) is 0.231. The molecule has 3 rings (SSSR count). The quantitative estimate of drug-likeness (QED) is 0.833. The Morgan fingerprint density at radius 3 is 2.82 bits per heavy atom. The van der Waals surface area contributed by atoms with E-state index < -0.39 is 0 Å². The highest BCUT2D eigenvalue weighted by molar-refractivity contribution is 7.15. The molecule has 1 aliphatic heterocycles. The van der Waals surface area contributed by atoms with Crippen LogP contribution in [0, 0.1) is 11.3 Å². The van der Waals surface area contributed by atoms with Gasteiger partial charge in [-0.05, 0) is 12.1 Å². The van der Waals surface area contributed by atoms with Crippen LogP contribution in [0.3, 0.4) is 0 Å². The van der Waals surface area contributed by atoms with Crippen molar-refractivity contribution >= 4 is 11.3 Å². The van der Waals surface area contributed by atoms with Crippen LogP contribution in [0.2, 0.25) is 0 Å². The van der Waals surface area contributed by atoms with Gasteiger partial charge in [0, 0.05) is 30.0 Å². The lowest BCUT2D eigenvalue weighted by atomic mass is 10.1. The Balaban J connectivity index is 1.98. The number of hydrogen-bond donors (Lipinski definition) is 1. The van der Waals surface area contributed by atoms with Gasteiger partial charge >= 0.3 is 0 Å². The Hall–Kier alpha value is -1.70. The second-order valence-corrected chi connectivity index (χ2v) is 5.09. The largest absolute Gasteiger partial charge is 0.311 e. The van der Waals surface area contributed by atoms with Crippen LogP contribution < -0.4 is 5.32 Å². The number of rotatable bonds is 1. The molecule has 17 heavy (non-hydrogen) atoms. The highest BCUT2D eigenvalue weighted by atomic mass is 32.1. The summed E-state index contributed by atoms with van der Waals surface area (Å²) in [7, 11) is 0. The first kappa shape index (κ1) is 10.5. The van der Waals surface area contributed by atoms with Gasteiger partial charge in [0.2, 0.25) is 0 Å². The molecule has 1 N–H and O–H groups in total. The van der Waals surface area contributed by atoms with Crippen LogP contribution in [0.4, 0.5) is 0 Å². The second-order valence-electron chi connectivity index (χ2n) is 4.00. The van der Waals surface area contributed by atoms with Crippen molar-refractivity contribution in [2.45, 2.75) is 13.0 Å². The van der Waals surface area contributed by atoms with Crippen LogP contribution in [-0.4, -0.2) is 11.5 Å². The van der Waals surface area contributed by atoms with Crippen molar-refractivity contribution in [1.82, 2.24) is 10.3 Å². The van der Waals surface area contributed by atoms with Crippen LogP contribution in [-0.2, 0) is 13.0 Å². The maximum atomic E-state index is 8.76. The molecule has 4 heteroatoms. The molecule has 2 heterocycles. The lowest BCUT2D eigenvalue weighted by Crippen LogP contribution is -2.22. The van der Waals surface area contributed by atoms with Gasteiger partial charge in [0.05, 0.1) is 17.3 Å². The minimum Gasteiger partial charge on any atom is -0.311 e. The topological polar surface area (TPSA) is 48.7 Å². The smallest absolute Gasteiger partial charge is 0.123 e. The van der Waals surface area contributed by atoms with Gasteiger partial charge in [-0.1, -0.05) is 12.1 Å². The van der Waals surface area contributed by atoms with E-state index in [1.807, 2.05) is 24.3 Å². The summed E-state index contributed by atoms with van der Waals surface area (Å²) in [4.78, 5) is 6.02. The van der Waals surface area contributed by atoms with Gasteiger partial charge in [0.15, 0.2) is 0 Å². The van der Waals surface area contributed by atoms with E-state index in [0.29, 0.717) is 5.56 Å². The van der Waals surface area contributed by atoms with Crippen molar-refractivity contribution in [2.75, 3.05) is 6.54 Å². The van der Waals surface area contributed by atoms with Gasteiger partial charge in [-0.25, -0.2) is 4.98 Å². The van der Waals surface area contributed by atoms with Crippen LogP contribution in [0.25, 0.3) is 10.6 Å². The van der Waals surface area contributed by atoms with Crippen LogP contribution in [0.1, 0.15) is 16.1 Å². The van der Waals surface area contributed by atoms with Gasteiger partial charge in [-0.2, -0.15) is 5.26 Å². The molecule has 1 aromatic heterocycles. The van der Waals surface area contributed by atoms with Gasteiger partial charge in [-0.3, -0.25) is 0 Å². The Kier molecular flexibility index (Phi) is 2.63. The zero-order valence-electron chi connectivity index (χ0n) is 9.23. The summed E-state index contributed by atoms with van der Waals surface area (Å²) >= 11 is 1.75. The fourth-order valence-corrected chi connectivity index (χ4v) is 3.02. The molecule has 0 aliphatic carbocycles. The summed E-state index contributed by atoms with van der Waals surface area (Å²) in [6, 6.07) is 9.75. The third-order valence-electron chi connectivity index (χ3n) is 2.86. The molecule has 0 saturated heterocycles. The summed E-state index contributed by atoms with van der Waals surface area (Å²) in [5.74, 6) is 0. The number of aromatic nitrogens is 1. The second kappa shape index (κ2) is 4.28. The number of nitriles is 1. The first-order chi connectivity index (χ1) is 8.36. The highest BCUT2D eigenvalue weighted by Gasteiger charge is 2.15. The standard InChI is InChI=1S/C13H11N3S/c14-7-9-1-3-10(4-2-9)13-16-11-5-6-15-8-12(11)17-13/h1-4,15H,5-6,8H2. The van der Waals surface area contributed by atoms with Crippen molar-refractivity contribution in [1.29, 1.82) is 5.26 Å². The van der Waals surface area contributed by atoms with Crippen molar-refractivity contribution in [3.05, 3.63) is 40.4 Å². The fourth-order valence-electron chi connectivity index (χ4n) is 1.94. The number of thiazole rings is 1. The van der Waals surface area contributed by atoms with Gasteiger partial charge in [0.1, 0.15) is 5.01 Å². The molecule has 0 radical (unpaired) electrons. The molecule has 0 unspecified atom stereocenters. The van der Waals surface area contributed by atoms with E-state index in [4.69, 9.17) is 5.26 Å². The van der Waals surface area contributed by atoms with Gasteiger partial charge in [-0.15, -0.1) is 11.3 Å². The summed E-state index contributed by atoms with van der Waals surface area (Å²) in [6.07, 6.45) is 1.02. The van der Waals surface area contributed by atoms with E-state index in [-0.39, 0.29) is 0 Å². The molecular weight excluding hydrogens is 230 g/mol. The predicted octanol–water partition coefficient (Wildman–Crippen LogP) is 2.33. The molecule has 2 aromatic rings. The minimum atomic E-state index is 0.691. The van der Waals surface area contributed by atoms with Crippen molar-refractivity contribution in [3.8, 4) is 16.6 Å². The molecule has 3 nitrogen and oxygen atoms in total. The van der Waals surface area contributed by atoms with Crippen LogP contribution >= 0.6 is 11.3 Å². The van der Waals surface area contributed by atoms with E-state index in [1.165, 1.54) is 10.6 Å². The maximum absolute atomic E-state index is 8.76. The molecule has 0 saturated carbocycles. The molecule has 0 spiro atoms. The average Bonchev–Trinajstić information content (AvgIpc) is 2.82. The van der Waals surface area contributed by atoms with Crippen LogP contribution in [0.15, 0.2) is 24.3 Å². The molecule has 0 atom stereocenters. The molecule has 84 valence electrons. The number of hydrogen-bond acceptors (Lipinski definition) is 4. The Bertz CT molecular complexity index is 554. The third-order valence-corrected chi connectivity index (χ3v) is 4.01. The summed E-state index contributed by atoms with van der Waals surface area (Å²) in [6.45, 7) is 1.95. The van der Waals surface area contributed by atoms with E-state index in [2.05, 4.69) is 16.4 Å². The number of benzene rings is 1. The number of nitrogens with one attached hydrogen (secondary N) is 1. The lowest BCUT2D eigenvalue weighted by Gasteiger charge is -2.09. The summed E-state index contributed by atoms with van der Waals surface area (Å²) in [5, 5.41) is 13.2. The Morgan fingerprint density at radius 2 is 2.12 bits per heavy atom. The predicted molar refractivity (Wildman–Crippen MR) is 67.7 cm³/mol. The molecule has 1 aliphatic rings. The number of fused-ring (bicyclic) bond motifs is 1. The van der Waals surface area contributed by atoms with E-state index in [1.54, 1.807) is 11.3 Å². The number of nitrogens with zero attached hydrogens (tertiary/aromatic N) is 2. The van der Waals surface area contributed by atoms with Gasteiger partial charge in [0.25, 0.3) is 0 Å². The molecule has 0 fully saturated rings. The monoisotopic (exact) mass is 241 g/mol. The van der Waals surface area contributed by atoms with E-state index in [0.717, 1.165) is 30.1 Å². The zero-order chi connectivity index (χ0) is 11.7. The Morgan fingerprint density at radius 1 is 1.29 bits per heavy atom.